The summed E-state index contributed by atoms with van der Waals surface area (Å²) in [4.78, 5) is 0. The van der Waals surface area contributed by atoms with Crippen LogP contribution in [0.15, 0.2) is 43.0 Å². The molecule has 0 atom stereocenters. The highest BCUT2D eigenvalue weighted by Crippen LogP contribution is 2.34. The summed E-state index contributed by atoms with van der Waals surface area (Å²) >= 11 is 0. The van der Waals surface area contributed by atoms with E-state index in [0.29, 0.717) is 0 Å². The zero-order valence-corrected chi connectivity index (χ0v) is 19.7. The molecule has 2 aromatic rings. The molecular weight excluding hydrogens is 348 g/mol. The van der Waals surface area contributed by atoms with E-state index >= 15 is 0 Å². The van der Waals surface area contributed by atoms with Crippen molar-refractivity contribution in [2.45, 2.75) is 86.5 Å². The van der Waals surface area contributed by atoms with Crippen LogP contribution in [0.1, 0.15) is 86.1 Å². The molecule has 0 bridgehead atoms. The lowest BCUT2D eigenvalue weighted by molar-refractivity contribution is 0.954. The Kier molecular flexibility index (Phi) is 8.50. The Morgan fingerprint density at radius 2 is 1.21 bits per heavy atom. The van der Waals surface area contributed by atoms with Crippen molar-refractivity contribution >= 4 is 5.57 Å². The summed E-state index contributed by atoms with van der Waals surface area (Å²) in [6, 6.07) is 9.37. The van der Waals surface area contributed by atoms with E-state index in [1.165, 1.54) is 44.5 Å². The van der Waals surface area contributed by atoms with Gasteiger partial charge in [0.05, 0.1) is 0 Å². The highest BCUT2D eigenvalue weighted by Gasteiger charge is 2.18. The molecule has 0 nitrogen and oxygen atoms in total. The minimum atomic E-state index is 0.874. The Morgan fingerprint density at radius 3 is 1.72 bits per heavy atom. The first-order valence-corrected chi connectivity index (χ1v) is 11.6. The van der Waals surface area contributed by atoms with Gasteiger partial charge in [0, 0.05) is 0 Å². The van der Waals surface area contributed by atoms with Gasteiger partial charge in [-0.3, -0.25) is 0 Å². The van der Waals surface area contributed by atoms with Crippen molar-refractivity contribution in [2.24, 2.45) is 0 Å². The maximum Gasteiger partial charge on any atom is -0.00256 e. The molecular formula is C29H40. The smallest absolute Gasteiger partial charge is 0.00256 e. The number of hydrogen-bond donors (Lipinski definition) is 0. The van der Waals surface area contributed by atoms with Crippen molar-refractivity contribution in [2.75, 3.05) is 0 Å². The van der Waals surface area contributed by atoms with Crippen molar-refractivity contribution < 1.29 is 0 Å². The average Bonchev–Trinajstić information content (AvgIpc) is 2.76. The molecule has 0 fully saturated rings. The third-order valence-corrected chi connectivity index (χ3v) is 6.37. The fourth-order valence-corrected chi connectivity index (χ4v) is 4.70. The number of hydrogen-bond acceptors (Lipinski definition) is 0. The molecule has 2 aromatic carbocycles. The molecule has 29 heavy (non-hydrogen) atoms. The largest absolute Gasteiger partial charge is 0.0949 e. The normalized spacial score (nSPS) is 11.0. The van der Waals surface area contributed by atoms with E-state index in [-0.39, 0.29) is 0 Å². The second-order valence-electron chi connectivity index (χ2n) is 8.01. The lowest BCUT2D eigenvalue weighted by Crippen LogP contribution is -2.08. The predicted molar refractivity (Wildman–Crippen MR) is 131 cm³/mol. The quantitative estimate of drug-likeness (QED) is 0.363. The fourth-order valence-electron chi connectivity index (χ4n) is 4.70. The molecule has 156 valence electrons. The molecule has 0 saturated carbocycles. The van der Waals surface area contributed by atoms with Crippen LogP contribution in [0.5, 0.6) is 0 Å². The molecule has 0 aromatic heterocycles. The molecule has 0 aliphatic heterocycles. The molecule has 0 radical (unpaired) electrons. The van der Waals surface area contributed by atoms with Gasteiger partial charge in [0.2, 0.25) is 0 Å². The Bertz CT molecular complexity index is 879. The Labute approximate surface area is 179 Å². The highest BCUT2D eigenvalue weighted by atomic mass is 14.2. The van der Waals surface area contributed by atoms with Crippen LogP contribution in [-0.2, 0) is 44.9 Å². The van der Waals surface area contributed by atoms with Gasteiger partial charge in [0.25, 0.3) is 0 Å². The van der Waals surface area contributed by atoms with Crippen LogP contribution < -0.4 is 0 Å². The van der Waals surface area contributed by atoms with Crippen molar-refractivity contribution in [3.05, 3.63) is 87.5 Å². The second kappa shape index (κ2) is 10.6. The predicted octanol–water partition coefficient (Wildman–Crippen LogP) is 7.87. The summed E-state index contributed by atoms with van der Waals surface area (Å²) in [7, 11) is 0. The summed E-state index contributed by atoms with van der Waals surface area (Å²) in [5, 5.41) is 0. The summed E-state index contributed by atoms with van der Waals surface area (Å²) in [5.41, 5.74) is 13.9. The first kappa shape index (κ1) is 23.2. The average molecular weight is 389 g/mol. The maximum absolute atomic E-state index is 4.55. The lowest BCUT2D eigenvalue weighted by atomic mass is 9.81. The highest BCUT2D eigenvalue weighted by molar-refractivity contribution is 5.82. The number of rotatable bonds is 10. The SMILES string of the molecule is C=C(Cc1ccc(CC)c(CC)c1)C(=C)c1c(CC)cc(CC)c(CC)c1CC. The van der Waals surface area contributed by atoms with Crippen molar-refractivity contribution in [3.63, 3.8) is 0 Å². The summed E-state index contributed by atoms with van der Waals surface area (Å²) in [5.74, 6) is 0. The first-order chi connectivity index (χ1) is 13.9. The van der Waals surface area contributed by atoms with E-state index in [0.717, 1.165) is 56.1 Å². The van der Waals surface area contributed by atoms with Gasteiger partial charge in [-0.05, 0) is 101 Å². The molecule has 0 aliphatic rings. The van der Waals surface area contributed by atoms with E-state index in [9.17, 15) is 0 Å². The molecule has 0 saturated heterocycles. The van der Waals surface area contributed by atoms with Crippen molar-refractivity contribution in [1.29, 1.82) is 0 Å². The van der Waals surface area contributed by atoms with E-state index < -0.39 is 0 Å². The number of allylic oxidation sites excluding steroid dienone is 2. The van der Waals surface area contributed by atoms with Crippen LogP contribution >= 0.6 is 0 Å². The zero-order valence-electron chi connectivity index (χ0n) is 19.7. The molecule has 0 aliphatic carbocycles. The Balaban J connectivity index is 2.44. The molecule has 0 heteroatoms. The van der Waals surface area contributed by atoms with Crippen LogP contribution in [0.25, 0.3) is 5.57 Å². The first-order valence-electron chi connectivity index (χ1n) is 11.6. The minimum Gasteiger partial charge on any atom is -0.0949 e. The third kappa shape index (κ3) is 4.92. The standard InChI is InChI=1S/C29H40/c1-9-23-16-15-22(18-24(23)10-2)17-20(7)21(8)29-26(12-4)19-25(11-3)27(13-5)28(29)14-6/h15-16,18-19H,7-14,17H2,1-6H3. The molecule has 0 amide bonds. The number of benzene rings is 2. The van der Waals surface area contributed by atoms with Crippen LogP contribution in [0.2, 0.25) is 0 Å². The van der Waals surface area contributed by atoms with Gasteiger partial charge in [-0.1, -0.05) is 79.0 Å². The van der Waals surface area contributed by atoms with Crippen LogP contribution in [0.4, 0.5) is 0 Å². The van der Waals surface area contributed by atoms with Crippen LogP contribution in [-0.4, -0.2) is 0 Å². The van der Waals surface area contributed by atoms with Crippen LogP contribution in [0.3, 0.4) is 0 Å². The fraction of sp³-hybridized carbons (Fsp3) is 0.448. The molecule has 0 unspecified atom stereocenters. The summed E-state index contributed by atoms with van der Waals surface area (Å²) < 4.78 is 0. The van der Waals surface area contributed by atoms with Gasteiger partial charge in [0.15, 0.2) is 0 Å². The molecule has 0 N–H and O–H groups in total. The van der Waals surface area contributed by atoms with Gasteiger partial charge < -0.3 is 0 Å². The Morgan fingerprint density at radius 1 is 0.621 bits per heavy atom. The van der Waals surface area contributed by atoms with Gasteiger partial charge in [-0.25, -0.2) is 0 Å². The van der Waals surface area contributed by atoms with Gasteiger partial charge in [-0.15, -0.1) is 0 Å². The third-order valence-electron chi connectivity index (χ3n) is 6.37. The minimum absolute atomic E-state index is 0.874. The molecule has 0 heterocycles. The zero-order chi connectivity index (χ0) is 21.6. The summed E-state index contributed by atoms with van der Waals surface area (Å²) in [6.07, 6.45) is 7.33. The van der Waals surface area contributed by atoms with Gasteiger partial charge in [-0.2, -0.15) is 0 Å². The molecule has 2 rings (SSSR count). The van der Waals surface area contributed by atoms with E-state index in [1.807, 2.05) is 0 Å². The lowest BCUT2D eigenvalue weighted by Gasteiger charge is -2.23. The van der Waals surface area contributed by atoms with Crippen LogP contribution in [0, 0.1) is 0 Å². The Hall–Kier alpha value is -2.08. The maximum atomic E-state index is 4.55. The topological polar surface area (TPSA) is 0 Å². The van der Waals surface area contributed by atoms with E-state index in [1.54, 1.807) is 0 Å². The molecule has 0 spiro atoms. The summed E-state index contributed by atoms with van der Waals surface area (Å²) in [6.45, 7) is 22.6. The van der Waals surface area contributed by atoms with Gasteiger partial charge >= 0.3 is 0 Å². The van der Waals surface area contributed by atoms with Crippen molar-refractivity contribution in [3.8, 4) is 0 Å². The van der Waals surface area contributed by atoms with E-state index in [4.69, 9.17) is 0 Å². The van der Waals surface area contributed by atoms with Crippen molar-refractivity contribution in [1.82, 2.24) is 0 Å². The van der Waals surface area contributed by atoms with Gasteiger partial charge in [0.1, 0.15) is 0 Å². The van der Waals surface area contributed by atoms with E-state index in [2.05, 4.69) is 79.0 Å². The second-order valence-corrected chi connectivity index (χ2v) is 8.01. The monoisotopic (exact) mass is 388 g/mol. The number of aryl methyl sites for hydroxylation is 4.